The van der Waals surface area contributed by atoms with Gasteiger partial charge in [0.25, 0.3) is 0 Å². The summed E-state index contributed by atoms with van der Waals surface area (Å²) in [5, 5.41) is 3.50. The number of nitrogens with one attached hydrogen (secondary N) is 1. The first kappa shape index (κ1) is 20.9. The Bertz CT molecular complexity index is 1200. The number of esters is 2. The van der Waals surface area contributed by atoms with Gasteiger partial charge in [-0.1, -0.05) is 12.1 Å². The predicted molar refractivity (Wildman–Crippen MR) is 114 cm³/mol. The van der Waals surface area contributed by atoms with Crippen molar-refractivity contribution in [3.8, 4) is 0 Å². The van der Waals surface area contributed by atoms with Crippen molar-refractivity contribution >= 4 is 22.9 Å². The van der Waals surface area contributed by atoms with Crippen LogP contribution < -0.4 is 10.7 Å². The molecular weight excluding hydrogens is 398 g/mol. The van der Waals surface area contributed by atoms with Crippen LogP contribution in [0, 0.1) is 6.92 Å². The van der Waals surface area contributed by atoms with Crippen molar-refractivity contribution in [2.24, 2.45) is 0 Å². The second kappa shape index (κ2) is 8.06. The molecule has 2 aromatic rings. The van der Waals surface area contributed by atoms with E-state index in [2.05, 4.69) is 5.32 Å². The number of benzene rings is 1. The second-order valence-electron chi connectivity index (χ2n) is 8.03. The van der Waals surface area contributed by atoms with Crippen LogP contribution in [0.5, 0.6) is 0 Å². The molecule has 31 heavy (non-hydrogen) atoms. The maximum absolute atomic E-state index is 13.2. The van der Waals surface area contributed by atoms with Crippen LogP contribution in [0.4, 0.5) is 0 Å². The van der Waals surface area contributed by atoms with Gasteiger partial charge in [0.2, 0.25) is 0 Å². The third-order valence-electron chi connectivity index (χ3n) is 5.93. The smallest absolute Gasteiger partial charge is 0.337 e. The first-order valence-corrected chi connectivity index (χ1v) is 10.3. The summed E-state index contributed by atoms with van der Waals surface area (Å²) in [5.74, 6) is -1.41. The zero-order valence-electron chi connectivity index (χ0n) is 18.0. The topological polar surface area (TPSA) is 94.8 Å². The number of methoxy groups -OCH3 is 1. The van der Waals surface area contributed by atoms with Crippen molar-refractivity contribution < 1.29 is 23.5 Å². The third-order valence-corrected chi connectivity index (χ3v) is 5.93. The van der Waals surface area contributed by atoms with E-state index >= 15 is 0 Å². The Balaban J connectivity index is 1.95. The molecule has 0 radical (unpaired) electrons. The van der Waals surface area contributed by atoms with E-state index in [9.17, 15) is 14.4 Å². The molecule has 0 spiro atoms. The number of ether oxygens (including phenoxy) is 2. The summed E-state index contributed by atoms with van der Waals surface area (Å²) in [6.45, 7) is 5.22. The van der Waals surface area contributed by atoms with Crippen molar-refractivity contribution in [1.29, 1.82) is 0 Å². The Morgan fingerprint density at radius 3 is 2.35 bits per heavy atom. The average Bonchev–Trinajstić information content (AvgIpc) is 2.69. The summed E-state index contributed by atoms with van der Waals surface area (Å²) in [6.07, 6.45) is 2.57. The molecule has 1 atom stereocenters. The highest BCUT2D eigenvalue weighted by atomic mass is 16.5. The summed E-state index contributed by atoms with van der Waals surface area (Å²) < 4.78 is 16.7. The first-order valence-electron chi connectivity index (χ1n) is 10.3. The highest BCUT2D eigenvalue weighted by molar-refractivity contribution is 6.01. The van der Waals surface area contributed by atoms with Crippen molar-refractivity contribution in [3.63, 3.8) is 0 Å². The number of carbonyl (C=O) groups excluding carboxylic acids is 2. The number of allylic oxidation sites excluding steroid dienone is 2. The van der Waals surface area contributed by atoms with Crippen LogP contribution in [0.3, 0.4) is 0 Å². The molecule has 2 aliphatic rings. The molecule has 1 aromatic heterocycles. The number of carbonyl (C=O) groups is 2. The van der Waals surface area contributed by atoms with Crippen LogP contribution in [-0.4, -0.2) is 25.2 Å². The average molecular weight is 423 g/mol. The van der Waals surface area contributed by atoms with E-state index < -0.39 is 17.9 Å². The summed E-state index contributed by atoms with van der Waals surface area (Å²) in [7, 11) is 1.30. The van der Waals surface area contributed by atoms with Crippen LogP contribution in [0.1, 0.15) is 50.4 Å². The summed E-state index contributed by atoms with van der Waals surface area (Å²) in [6, 6.07) is 6.58. The number of para-hydroxylation sites is 1. The number of hydrogen-bond acceptors (Lipinski definition) is 7. The lowest BCUT2D eigenvalue weighted by Crippen LogP contribution is -2.34. The molecule has 7 heteroatoms. The monoisotopic (exact) mass is 423 g/mol. The number of dihydropyridines is 1. The quantitative estimate of drug-likeness (QED) is 0.751. The molecule has 0 bridgehead atoms. The second-order valence-corrected chi connectivity index (χ2v) is 8.03. The molecule has 1 aliphatic heterocycles. The van der Waals surface area contributed by atoms with E-state index in [1.165, 1.54) is 13.2 Å². The van der Waals surface area contributed by atoms with Crippen molar-refractivity contribution in [3.05, 3.63) is 68.4 Å². The lowest BCUT2D eigenvalue weighted by atomic mass is 9.79. The summed E-state index contributed by atoms with van der Waals surface area (Å²) in [4.78, 5) is 38.6. The van der Waals surface area contributed by atoms with Gasteiger partial charge < -0.3 is 19.2 Å². The molecule has 162 valence electrons. The number of rotatable bonds is 4. The number of fused-ring (bicyclic) bond motifs is 1. The standard InChI is InChI=1S/C24H25NO6/c1-12-11-18(26)16-9-6-10-17(22(16)30-12)21-19(23(27)29-4)13(2)25-14(3)20(21)24(28)31-15-7-5-8-15/h6,9-11,15,21,25H,5,7-8H2,1-4H3. The van der Waals surface area contributed by atoms with Gasteiger partial charge in [-0.2, -0.15) is 0 Å². The molecular formula is C24H25NO6. The molecule has 7 nitrogen and oxygen atoms in total. The SMILES string of the molecule is COC(=O)C1=C(C)NC(C)=C(C(=O)OC2CCC2)C1c1cccc2c(=O)cc(C)oc12. The Morgan fingerprint density at radius 2 is 1.74 bits per heavy atom. The van der Waals surface area contributed by atoms with Crippen LogP contribution >= 0.6 is 0 Å². The van der Waals surface area contributed by atoms with Gasteiger partial charge in [-0.15, -0.1) is 0 Å². The first-order chi connectivity index (χ1) is 14.8. The van der Waals surface area contributed by atoms with E-state index in [4.69, 9.17) is 13.9 Å². The van der Waals surface area contributed by atoms with E-state index in [0.29, 0.717) is 39.3 Å². The van der Waals surface area contributed by atoms with E-state index in [1.807, 2.05) is 0 Å². The van der Waals surface area contributed by atoms with Gasteiger partial charge in [-0.3, -0.25) is 4.79 Å². The fourth-order valence-electron chi connectivity index (χ4n) is 4.20. The van der Waals surface area contributed by atoms with Gasteiger partial charge in [0.1, 0.15) is 17.4 Å². The predicted octanol–water partition coefficient (Wildman–Crippen LogP) is 3.60. The minimum absolute atomic E-state index is 0.116. The Morgan fingerprint density at radius 1 is 1.06 bits per heavy atom. The molecule has 0 saturated heterocycles. The lowest BCUT2D eigenvalue weighted by Gasteiger charge is -2.32. The fraction of sp³-hybridized carbons (Fsp3) is 0.375. The molecule has 1 aliphatic carbocycles. The van der Waals surface area contributed by atoms with E-state index in [-0.39, 0.29) is 17.1 Å². The maximum atomic E-state index is 13.2. The van der Waals surface area contributed by atoms with Gasteiger partial charge in [-0.25, -0.2) is 9.59 Å². The highest BCUT2D eigenvalue weighted by Gasteiger charge is 2.40. The van der Waals surface area contributed by atoms with E-state index in [0.717, 1.165) is 19.3 Å². The summed E-state index contributed by atoms with van der Waals surface area (Å²) in [5.41, 5.74) is 2.46. The molecule has 1 N–H and O–H groups in total. The zero-order chi connectivity index (χ0) is 22.3. The van der Waals surface area contributed by atoms with Gasteiger partial charge in [-0.05, 0) is 46.1 Å². The number of aryl methyl sites for hydroxylation is 1. The van der Waals surface area contributed by atoms with Crippen LogP contribution in [0.25, 0.3) is 11.0 Å². The Hall–Kier alpha value is -3.35. The van der Waals surface area contributed by atoms with Crippen molar-refractivity contribution in [2.75, 3.05) is 7.11 Å². The largest absolute Gasteiger partial charge is 0.466 e. The molecule has 1 unspecified atom stereocenters. The zero-order valence-corrected chi connectivity index (χ0v) is 18.0. The molecule has 4 rings (SSSR count). The fourth-order valence-corrected chi connectivity index (χ4v) is 4.20. The number of hydrogen-bond donors (Lipinski definition) is 1. The molecule has 2 heterocycles. The normalized spacial score (nSPS) is 19.2. The van der Waals surface area contributed by atoms with Gasteiger partial charge in [0.05, 0.1) is 29.6 Å². The van der Waals surface area contributed by atoms with Crippen LogP contribution in [0.2, 0.25) is 0 Å². The minimum Gasteiger partial charge on any atom is -0.466 e. The van der Waals surface area contributed by atoms with Crippen molar-refractivity contribution in [2.45, 2.75) is 52.1 Å². The third kappa shape index (κ3) is 3.65. The minimum atomic E-state index is -0.796. The van der Waals surface area contributed by atoms with Gasteiger partial charge >= 0.3 is 11.9 Å². The molecule has 1 aromatic carbocycles. The highest BCUT2D eigenvalue weighted by Crippen LogP contribution is 2.42. The Kier molecular flexibility index (Phi) is 5.43. The lowest BCUT2D eigenvalue weighted by molar-refractivity contribution is -0.148. The Labute approximate surface area is 179 Å². The van der Waals surface area contributed by atoms with Crippen LogP contribution in [-0.2, 0) is 19.1 Å². The maximum Gasteiger partial charge on any atom is 0.337 e. The van der Waals surface area contributed by atoms with E-state index in [1.54, 1.807) is 39.0 Å². The molecule has 1 fully saturated rings. The molecule has 0 amide bonds. The summed E-state index contributed by atoms with van der Waals surface area (Å²) >= 11 is 0. The van der Waals surface area contributed by atoms with Gasteiger partial charge in [0.15, 0.2) is 5.43 Å². The molecule has 1 saturated carbocycles. The van der Waals surface area contributed by atoms with Crippen molar-refractivity contribution in [1.82, 2.24) is 5.32 Å². The van der Waals surface area contributed by atoms with Gasteiger partial charge in [0, 0.05) is 23.0 Å². The van der Waals surface area contributed by atoms with Crippen LogP contribution in [0.15, 0.2) is 56.0 Å².